The van der Waals surface area contributed by atoms with Crippen LogP contribution >= 0.6 is 0 Å². The maximum absolute atomic E-state index is 12.0. The number of carboxylic acids is 2. The molecule has 0 aromatic rings. The van der Waals surface area contributed by atoms with Gasteiger partial charge in [-0.3, -0.25) is 9.59 Å². The van der Waals surface area contributed by atoms with Gasteiger partial charge in [-0.15, -0.1) is 0 Å². The lowest BCUT2D eigenvalue weighted by molar-refractivity contribution is -0.162. The lowest BCUT2D eigenvalue weighted by Crippen LogP contribution is -2.53. The van der Waals surface area contributed by atoms with Gasteiger partial charge >= 0.3 is 11.9 Å². The predicted molar refractivity (Wildman–Crippen MR) is 91.5 cm³/mol. The first-order valence-corrected chi connectivity index (χ1v) is 9.07. The summed E-state index contributed by atoms with van der Waals surface area (Å²) in [6.45, 7) is 5.95. The molecule has 0 aromatic carbocycles. The molecule has 4 heteroatoms. The van der Waals surface area contributed by atoms with E-state index in [-0.39, 0.29) is 11.3 Å². The Bertz CT molecular complexity index is 632. The van der Waals surface area contributed by atoms with Crippen LogP contribution in [0.4, 0.5) is 0 Å². The molecular weight excluding hydrogens is 304 g/mol. The van der Waals surface area contributed by atoms with Gasteiger partial charge < -0.3 is 10.2 Å². The molecule has 1 fully saturated rings. The Hall–Kier alpha value is -1.58. The van der Waals surface area contributed by atoms with Crippen molar-refractivity contribution in [1.82, 2.24) is 0 Å². The average molecular weight is 332 g/mol. The highest BCUT2D eigenvalue weighted by Crippen LogP contribution is 2.62. The van der Waals surface area contributed by atoms with Crippen LogP contribution in [0.2, 0.25) is 0 Å². The molecule has 0 bridgehead atoms. The topological polar surface area (TPSA) is 74.6 Å². The first-order valence-electron chi connectivity index (χ1n) is 9.07. The van der Waals surface area contributed by atoms with Gasteiger partial charge in [-0.25, -0.2) is 0 Å². The maximum atomic E-state index is 12.0. The Labute approximate surface area is 143 Å². The number of allylic oxidation sites excluding steroid dienone is 3. The third-order valence-electron chi connectivity index (χ3n) is 7.25. The number of carbonyl (C=O) groups is 2. The number of aliphatic carboxylic acids is 2. The quantitative estimate of drug-likeness (QED) is 0.809. The molecule has 1 saturated carbocycles. The molecule has 0 aromatic heterocycles. The van der Waals surface area contributed by atoms with Gasteiger partial charge in [-0.05, 0) is 68.8 Å². The van der Waals surface area contributed by atoms with E-state index < -0.39 is 23.3 Å². The standard InChI is InChI=1S/C20H28O4/c1-12(17(21)22)13-5-7-15-14(11-13)6-8-16-19(15,2)9-4-10-20(16,3)18(23)24/h6,11-12,15-16H,4-5,7-10H2,1-3H3,(H,21,22)(H,23,24). The molecule has 3 aliphatic rings. The second-order valence-electron chi connectivity index (χ2n) is 8.44. The van der Waals surface area contributed by atoms with Gasteiger partial charge in [0.25, 0.3) is 0 Å². The normalized spacial score (nSPS) is 39.8. The van der Waals surface area contributed by atoms with Gasteiger partial charge in [0, 0.05) is 0 Å². The second kappa shape index (κ2) is 5.75. The number of carboxylic acid groups (broad SMARTS) is 2. The van der Waals surface area contributed by atoms with Gasteiger partial charge in [0.2, 0.25) is 0 Å². The number of hydrogen-bond donors (Lipinski definition) is 2. The summed E-state index contributed by atoms with van der Waals surface area (Å²) in [5.41, 5.74) is 1.61. The third kappa shape index (κ3) is 2.42. The molecule has 4 nitrogen and oxygen atoms in total. The minimum absolute atomic E-state index is 0.00393. The molecule has 3 aliphatic carbocycles. The van der Waals surface area contributed by atoms with Crippen LogP contribution in [0.1, 0.15) is 59.3 Å². The zero-order chi connectivity index (χ0) is 17.7. The summed E-state index contributed by atoms with van der Waals surface area (Å²) >= 11 is 0. The monoisotopic (exact) mass is 332 g/mol. The smallest absolute Gasteiger partial charge is 0.310 e. The van der Waals surface area contributed by atoms with Crippen molar-refractivity contribution < 1.29 is 19.8 Å². The first kappa shape index (κ1) is 17.2. The fourth-order valence-electron chi connectivity index (χ4n) is 5.65. The molecule has 0 spiro atoms. The van der Waals surface area contributed by atoms with Crippen LogP contribution in [-0.4, -0.2) is 22.2 Å². The molecule has 0 amide bonds. The molecule has 5 unspecified atom stereocenters. The summed E-state index contributed by atoms with van der Waals surface area (Å²) in [6.07, 6.45) is 9.62. The molecule has 5 atom stereocenters. The van der Waals surface area contributed by atoms with Gasteiger partial charge in [-0.2, -0.15) is 0 Å². The average Bonchev–Trinajstić information content (AvgIpc) is 2.53. The van der Waals surface area contributed by atoms with Crippen molar-refractivity contribution in [3.05, 3.63) is 23.3 Å². The van der Waals surface area contributed by atoms with Gasteiger partial charge in [0.1, 0.15) is 0 Å². The highest BCUT2D eigenvalue weighted by Gasteiger charge is 2.57. The van der Waals surface area contributed by atoms with Crippen LogP contribution < -0.4 is 0 Å². The Kier molecular flexibility index (Phi) is 4.13. The van der Waals surface area contributed by atoms with Gasteiger partial charge in [0.15, 0.2) is 0 Å². The predicted octanol–water partition coefficient (Wildman–Crippen LogP) is 4.27. The summed E-state index contributed by atoms with van der Waals surface area (Å²) in [7, 11) is 0. The summed E-state index contributed by atoms with van der Waals surface area (Å²) in [4.78, 5) is 23.2. The minimum Gasteiger partial charge on any atom is -0.481 e. The van der Waals surface area contributed by atoms with E-state index >= 15 is 0 Å². The highest BCUT2D eigenvalue weighted by atomic mass is 16.4. The molecule has 24 heavy (non-hydrogen) atoms. The molecule has 2 N–H and O–H groups in total. The van der Waals surface area contributed by atoms with E-state index in [4.69, 9.17) is 0 Å². The van der Waals surface area contributed by atoms with Crippen LogP contribution in [0.5, 0.6) is 0 Å². The van der Waals surface area contributed by atoms with Crippen molar-refractivity contribution in [2.75, 3.05) is 0 Å². The van der Waals surface area contributed by atoms with E-state index in [2.05, 4.69) is 19.1 Å². The van der Waals surface area contributed by atoms with E-state index in [9.17, 15) is 19.8 Å². The Morgan fingerprint density at radius 1 is 1.25 bits per heavy atom. The highest BCUT2D eigenvalue weighted by molar-refractivity contribution is 5.75. The summed E-state index contributed by atoms with van der Waals surface area (Å²) in [5.74, 6) is -1.34. The van der Waals surface area contributed by atoms with Crippen molar-refractivity contribution in [2.45, 2.75) is 59.3 Å². The zero-order valence-electron chi connectivity index (χ0n) is 14.8. The fraction of sp³-hybridized carbons (Fsp3) is 0.700. The molecule has 0 aliphatic heterocycles. The zero-order valence-corrected chi connectivity index (χ0v) is 14.8. The minimum atomic E-state index is -0.767. The van der Waals surface area contributed by atoms with Crippen LogP contribution in [-0.2, 0) is 9.59 Å². The Morgan fingerprint density at radius 3 is 2.58 bits per heavy atom. The van der Waals surface area contributed by atoms with Crippen LogP contribution in [0.3, 0.4) is 0 Å². The van der Waals surface area contributed by atoms with E-state index in [0.717, 1.165) is 44.1 Å². The number of rotatable bonds is 3. The Morgan fingerprint density at radius 2 is 1.96 bits per heavy atom. The van der Waals surface area contributed by atoms with Crippen molar-refractivity contribution in [2.24, 2.45) is 28.6 Å². The molecule has 132 valence electrons. The van der Waals surface area contributed by atoms with E-state index in [1.165, 1.54) is 5.57 Å². The summed E-state index contributed by atoms with van der Waals surface area (Å²) in [6, 6.07) is 0. The second-order valence-corrected chi connectivity index (χ2v) is 8.44. The molecular formula is C20H28O4. The van der Waals surface area contributed by atoms with Crippen molar-refractivity contribution in [3.8, 4) is 0 Å². The molecule has 0 heterocycles. The largest absolute Gasteiger partial charge is 0.481 e. The van der Waals surface area contributed by atoms with Crippen LogP contribution in [0.15, 0.2) is 23.3 Å². The van der Waals surface area contributed by atoms with Gasteiger partial charge in [0.05, 0.1) is 11.3 Å². The molecule has 3 rings (SSSR count). The van der Waals surface area contributed by atoms with E-state index in [1.54, 1.807) is 6.92 Å². The van der Waals surface area contributed by atoms with Crippen molar-refractivity contribution in [1.29, 1.82) is 0 Å². The summed E-state index contributed by atoms with van der Waals surface area (Å²) < 4.78 is 0. The first-order chi connectivity index (χ1) is 11.2. The van der Waals surface area contributed by atoms with Crippen molar-refractivity contribution >= 4 is 11.9 Å². The molecule has 0 saturated heterocycles. The molecule has 0 radical (unpaired) electrons. The SMILES string of the molecule is CC(C(=O)O)C1=CC2=CCC3C(C)(C(=O)O)CCCC3(C)C2CC1. The van der Waals surface area contributed by atoms with Gasteiger partial charge in [-0.1, -0.05) is 31.1 Å². The Balaban J connectivity index is 1.97. The lowest BCUT2D eigenvalue weighted by Gasteiger charge is -2.57. The third-order valence-corrected chi connectivity index (χ3v) is 7.25. The van der Waals surface area contributed by atoms with E-state index in [1.807, 2.05) is 6.92 Å². The van der Waals surface area contributed by atoms with Crippen molar-refractivity contribution in [3.63, 3.8) is 0 Å². The fourth-order valence-corrected chi connectivity index (χ4v) is 5.65. The lowest BCUT2D eigenvalue weighted by atomic mass is 9.47. The maximum Gasteiger partial charge on any atom is 0.310 e. The number of fused-ring (bicyclic) bond motifs is 3. The van der Waals surface area contributed by atoms with Crippen LogP contribution in [0, 0.1) is 28.6 Å². The summed E-state index contributed by atoms with van der Waals surface area (Å²) in [5, 5.41) is 19.1. The van der Waals surface area contributed by atoms with E-state index in [0.29, 0.717) is 5.92 Å². The van der Waals surface area contributed by atoms with Crippen LogP contribution in [0.25, 0.3) is 0 Å². The number of hydrogen-bond acceptors (Lipinski definition) is 2.